The van der Waals surface area contributed by atoms with Crippen LogP contribution in [-0.4, -0.2) is 25.9 Å². The highest BCUT2D eigenvalue weighted by Crippen LogP contribution is 2.19. The van der Waals surface area contributed by atoms with Crippen molar-refractivity contribution in [2.75, 3.05) is 5.32 Å². The monoisotopic (exact) mass is 335 g/mol. The lowest BCUT2D eigenvalue weighted by molar-refractivity contribution is -0.116. The molecular formula is C14H14ClN5OS. The first-order chi connectivity index (χ1) is 10.7. The molecule has 3 rings (SSSR count). The number of rotatable bonds is 5. The van der Waals surface area contributed by atoms with Crippen LogP contribution in [0.1, 0.15) is 18.4 Å². The number of anilines is 1. The first-order valence-corrected chi connectivity index (χ1v) is 8.08. The lowest BCUT2D eigenvalue weighted by Crippen LogP contribution is -2.14. The Morgan fingerprint density at radius 2 is 2.27 bits per heavy atom. The predicted octanol–water partition coefficient (Wildman–Crippen LogP) is 3.13. The smallest absolute Gasteiger partial charge is 0.228 e. The number of carbonyl (C=O) groups excluding carboxylic acids is 1. The highest BCUT2D eigenvalue weighted by atomic mass is 35.5. The van der Waals surface area contributed by atoms with E-state index in [-0.39, 0.29) is 5.91 Å². The van der Waals surface area contributed by atoms with E-state index >= 15 is 0 Å². The summed E-state index contributed by atoms with van der Waals surface area (Å²) in [5.74, 6) is -0.107. The van der Waals surface area contributed by atoms with Gasteiger partial charge in [0.2, 0.25) is 11.0 Å². The summed E-state index contributed by atoms with van der Waals surface area (Å²) in [6, 6.07) is 5.58. The third-order valence-electron chi connectivity index (χ3n) is 3.17. The largest absolute Gasteiger partial charge is 0.300 e. The zero-order chi connectivity index (χ0) is 15.5. The Balaban J connectivity index is 1.63. The second-order valence-corrected chi connectivity index (χ2v) is 6.22. The van der Waals surface area contributed by atoms with Crippen molar-refractivity contribution in [3.63, 3.8) is 0 Å². The summed E-state index contributed by atoms with van der Waals surface area (Å²) in [7, 11) is 0. The molecular weight excluding hydrogens is 322 g/mol. The van der Waals surface area contributed by atoms with Gasteiger partial charge in [-0.2, -0.15) is 5.10 Å². The van der Waals surface area contributed by atoms with Gasteiger partial charge in [-0.25, -0.2) is 0 Å². The maximum absolute atomic E-state index is 12.0. The molecule has 1 aromatic carbocycles. The average molecular weight is 336 g/mol. The molecule has 22 heavy (non-hydrogen) atoms. The van der Waals surface area contributed by atoms with Crippen LogP contribution >= 0.6 is 22.9 Å². The van der Waals surface area contributed by atoms with Gasteiger partial charge in [-0.15, -0.1) is 10.2 Å². The molecule has 0 aliphatic heterocycles. The molecule has 1 amide bonds. The van der Waals surface area contributed by atoms with Crippen LogP contribution in [0.2, 0.25) is 5.02 Å². The van der Waals surface area contributed by atoms with Gasteiger partial charge in [0.25, 0.3) is 0 Å². The predicted molar refractivity (Wildman–Crippen MR) is 87.3 cm³/mol. The minimum atomic E-state index is -0.107. The number of fused-ring (bicyclic) bond motifs is 1. The zero-order valence-electron chi connectivity index (χ0n) is 11.9. The number of amides is 1. The SMILES string of the molecule is CCc1nnc(NC(=O)CCn2ncc3ccc(Cl)cc32)s1. The molecule has 2 heterocycles. The summed E-state index contributed by atoms with van der Waals surface area (Å²) in [4.78, 5) is 12.0. The number of hydrogen-bond donors (Lipinski definition) is 1. The molecule has 3 aromatic rings. The Hall–Kier alpha value is -1.99. The van der Waals surface area contributed by atoms with Crippen LogP contribution in [0, 0.1) is 0 Å². The Bertz CT molecular complexity index is 813. The average Bonchev–Trinajstić information content (AvgIpc) is 3.11. The van der Waals surface area contributed by atoms with E-state index in [0.717, 1.165) is 22.3 Å². The van der Waals surface area contributed by atoms with Crippen LogP contribution in [0.15, 0.2) is 24.4 Å². The molecule has 0 bridgehead atoms. The van der Waals surface area contributed by atoms with E-state index < -0.39 is 0 Å². The number of aryl methyl sites for hydroxylation is 2. The van der Waals surface area contributed by atoms with E-state index in [1.54, 1.807) is 10.9 Å². The fourth-order valence-corrected chi connectivity index (χ4v) is 2.92. The minimum absolute atomic E-state index is 0.107. The normalized spacial score (nSPS) is 11.0. The molecule has 0 spiro atoms. The topological polar surface area (TPSA) is 72.7 Å². The number of halogens is 1. The Kier molecular flexibility index (Phi) is 4.35. The molecule has 0 fully saturated rings. The van der Waals surface area contributed by atoms with Crippen molar-refractivity contribution in [1.82, 2.24) is 20.0 Å². The highest BCUT2D eigenvalue weighted by Gasteiger charge is 2.09. The van der Waals surface area contributed by atoms with Gasteiger partial charge in [0.05, 0.1) is 18.3 Å². The van der Waals surface area contributed by atoms with Crippen LogP contribution in [0.3, 0.4) is 0 Å². The molecule has 0 aliphatic carbocycles. The van der Waals surface area contributed by atoms with E-state index in [0.29, 0.717) is 23.1 Å². The fourth-order valence-electron chi connectivity index (χ4n) is 2.06. The van der Waals surface area contributed by atoms with Crippen molar-refractivity contribution >= 4 is 44.9 Å². The highest BCUT2D eigenvalue weighted by molar-refractivity contribution is 7.15. The Morgan fingerprint density at radius 3 is 3.05 bits per heavy atom. The van der Waals surface area contributed by atoms with Gasteiger partial charge in [-0.3, -0.25) is 9.48 Å². The molecule has 0 unspecified atom stereocenters. The van der Waals surface area contributed by atoms with Crippen molar-refractivity contribution in [3.05, 3.63) is 34.4 Å². The first kappa shape index (κ1) is 14.9. The van der Waals surface area contributed by atoms with Gasteiger partial charge in [0, 0.05) is 16.8 Å². The fraction of sp³-hybridized carbons (Fsp3) is 0.286. The molecule has 2 aromatic heterocycles. The molecule has 0 saturated carbocycles. The zero-order valence-corrected chi connectivity index (χ0v) is 13.5. The van der Waals surface area contributed by atoms with Crippen molar-refractivity contribution in [2.24, 2.45) is 0 Å². The number of nitrogens with zero attached hydrogens (tertiary/aromatic N) is 4. The summed E-state index contributed by atoms with van der Waals surface area (Å²) in [6.45, 7) is 2.48. The lowest BCUT2D eigenvalue weighted by Gasteiger charge is -2.04. The maximum atomic E-state index is 12.0. The maximum Gasteiger partial charge on any atom is 0.228 e. The molecule has 0 aliphatic rings. The van der Waals surface area contributed by atoms with Crippen molar-refractivity contribution in [2.45, 2.75) is 26.3 Å². The van der Waals surface area contributed by atoms with Gasteiger partial charge in [-0.1, -0.05) is 29.9 Å². The number of nitrogens with one attached hydrogen (secondary N) is 1. The molecule has 6 nitrogen and oxygen atoms in total. The van der Waals surface area contributed by atoms with E-state index in [1.165, 1.54) is 11.3 Å². The summed E-state index contributed by atoms with van der Waals surface area (Å²) in [6.07, 6.45) is 2.89. The second-order valence-electron chi connectivity index (χ2n) is 4.72. The molecule has 0 radical (unpaired) electrons. The Labute approximate surface area is 136 Å². The van der Waals surface area contributed by atoms with E-state index in [2.05, 4.69) is 20.6 Å². The summed E-state index contributed by atoms with van der Waals surface area (Å²) in [5.41, 5.74) is 0.921. The van der Waals surface area contributed by atoms with Gasteiger partial charge >= 0.3 is 0 Å². The first-order valence-electron chi connectivity index (χ1n) is 6.89. The molecule has 8 heteroatoms. The van der Waals surface area contributed by atoms with Gasteiger partial charge in [-0.05, 0) is 24.6 Å². The van der Waals surface area contributed by atoms with Gasteiger partial charge < -0.3 is 5.32 Å². The van der Waals surface area contributed by atoms with Crippen LogP contribution in [0.5, 0.6) is 0 Å². The van der Waals surface area contributed by atoms with E-state index in [1.807, 2.05) is 25.1 Å². The van der Waals surface area contributed by atoms with Gasteiger partial charge in [0.1, 0.15) is 5.01 Å². The van der Waals surface area contributed by atoms with E-state index in [4.69, 9.17) is 11.6 Å². The Morgan fingerprint density at radius 1 is 1.41 bits per heavy atom. The van der Waals surface area contributed by atoms with Crippen molar-refractivity contribution in [1.29, 1.82) is 0 Å². The third-order valence-corrected chi connectivity index (χ3v) is 4.39. The summed E-state index contributed by atoms with van der Waals surface area (Å²) in [5, 5.41) is 18.0. The summed E-state index contributed by atoms with van der Waals surface area (Å²) < 4.78 is 1.78. The number of hydrogen-bond acceptors (Lipinski definition) is 5. The lowest BCUT2D eigenvalue weighted by atomic mass is 10.2. The summed E-state index contributed by atoms with van der Waals surface area (Å²) >= 11 is 7.39. The number of aromatic nitrogens is 4. The third kappa shape index (κ3) is 3.26. The van der Waals surface area contributed by atoms with Crippen LogP contribution in [0.4, 0.5) is 5.13 Å². The van der Waals surface area contributed by atoms with Crippen molar-refractivity contribution < 1.29 is 4.79 Å². The quantitative estimate of drug-likeness (QED) is 0.777. The van der Waals surface area contributed by atoms with Crippen LogP contribution in [0.25, 0.3) is 10.9 Å². The van der Waals surface area contributed by atoms with Crippen LogP contribution in [-0.2, 0) is 17.8 Å². The molecule has 0 saturated heterocycles. The van der Waals surface area contributed by atoms with Gasteiger partial charge in [0.15, 0.2) is 0 Å². The molecule has 114 valence electrons. The van der Waals surface area contributed by atoms with Crippen LogP contribution < -0.4 is 5.32 Å². The van der Waals surface area contributed by atoms with E-state index in [9.17, 15) is 4.79 Å². The van der Waals surface area contributed by atoms with Crippen molar-refractivity contribution in [3.8, 4) is 0 Å². The standard InChI is InChI=1S/C14H14ClN5OS/c1-2-13-18-19-14(22-13)17-12(21)5-6-20-11-7-10(15)4-3-9(11)8-16-20/h3-4,7-8H,2,5-6H2,1H3,(H,17,19,21). The second kappa shape index (κ2) is 6.41. The number of benzene rings is 1. The minimum Gasteiger partial charge on any atom is -0.300 e. The molecule has 0 atom stereocenters. The molecule has 1 N–H and O–H groups in total. The number of carbonyl (C=O) groups is 1.